The molecule has 32 heavy (non-hydrogen) atoms. The number of rotatable bonds is 8. The van der Waals surface area contributed by atoms with E-state index in [0.29, 0.717) is 41.0 Å². The Morgan fingerprint density at radius 2 is 1.81 bits per heavy atom. The Labute approximate surface area is 186 Å². The quantitative estimate of drug-likeness (QED) is 0.568. The third-order valence-corrected chi connectivity index (χ3v) is 5.31. The molecular formula is C24H26N4O4. The fourth-order valence-corrected chi connectivity index (χ4v) is 3.42. The summed E-state index contributed by atoms with van der Waals surface area (Å²) < 4.78 is 12.3. The summed E-state index contributed by atoms with van der Waals surface area (Å²) >= 11 is 0. The highest BCUT2D eigenvalue weighted by molar-refractivity contribution is 6.03. The number of anilines is 1. The lowest BCUT2D eigenvalue weighted by Crippen LogP contribution is -2.26. The molecule has 1 saturated carbocycles. The van der Waals surface area contributed by atoms with Crippen molar-refractivity contribution in [2.45, 2.75) is 25.3 Å². The number of carbonyl (C=O) groups excluding carboxylic acids is 2. The third-order valence-electron chi connectivity index (χ3n) is 5.31. The first-order valence-electron chi connectivity index (χ1n) is 10.4. The number of benzene rings is 2. The summed E-state index contributed by atoms with van der Waals surface area (Å²) in [4.78, 5) is 24.8. The highest BCUT2D eigenvalue weighted by Crippen LogP contribution is 2.33. The van der Waals surface area contributed by atoms with Gasteiger partial charge < -0.3 is 20.1 Å². The maximum absolute atomic E-state index is 12.9. The molecule has 0 aliphatic heterocycles. The first-order valence-corrected chi connectivity index (χ1v) is 10.4. The molecule has 0 radical (unpaired) electrons. The number of ether oxygens (including phenoxy) is 2. The van der Waals surface area contributed by atoms with Crippen LogP contribution in [0, 0.1) is 0 Å². The zero-order valence-corrected chi connectivity index (χ0v) is 18.3. The molecule has 0 spiro atoms. The van der Waals surface area contributed by atoms with Crippen LogP contribution >= 0.6 is 0 Å². The molecule has 3 aromatic rings. The van der Waals surface area contributed by atoms with Crippen molar-refractivity contribution >= 4 is 17.5 Å². The molecule has 0 bridgehead atoms. The van der Waals surface area contributed by atoms with E-state index in [4.69, 9.17) is 9.47 Å². The summed E-state index contributed by atoms with van der Waals surface area (Å²) in [6.07, 6.45) is 2.46. The minimum absolute atomic E-state index is 0.0275. The van der Waals surface area contributed by atoms with Gasteiger partial charge in [0.25, 0.3) is 5.91 Å². The minimum Gasteiger partial charge on any atom is -0.497 e. The van der Waals surface area contributed by atoms with Crippen molar-refractivity contribution < 1.29 is 19.1 Å². The second-order valence-electron chi connectivity index (χ2n) is 7.77. The monoisotopic (exact) mass is 434 g/mol. The molecule has 2 aromatic carbocycles. The average Bonchev–Trinajstić information content (AvgIpc) is 3.52. The van der Waals surface area contributed by atoms with Gasteiger partial charge in [-0.1, -0.05) is 12.1 Å². The summed E-state index contributed by atoms with van der Waals surface area (Å²) in [6.45, 7) is 0. The predicted octanol–water partition coefficient (Wildman–Crippen LogP) is 3.18. The lowest BCUT2D eigenvalue weighted by Gasteiger charge is -2.08. The normalized spacial score (nSPS) is 12.8. The fourth-order valence-electron chi connectivity index (χ4n) is 3.42. The number of hydrogen-bond donors (Lipinski definition) is 2. The van der Waals surface area contributed by atoms with Gasteiger partial charge in [-0.25, -0.2) is 0 Å². The number of hydrogen-bond acceptors (Lipinski definition) is 5. The number of nitrogens with zero attached hydrogens (tertiary/aromatic N) is 2. The van der Waals surface area contributed by atoms with Gasteiger partial charge in [0.15, 0.2) is 0 Å². The fraction of sp³-hybridized carbons (Fsp3) is 0.292. The van der Waals surface area contributed by atoms with Crippen molar-refractivity contribution in [2.24, 2.45) is 7.05 Å². The molecule has 2 amide bonds. The van der Waals surface area contributed by atoms with Gasteiger partial charge in [-0.2, -0.15) is 5.10 Å². The number of methoxy groups -OCH3 is 2. The molecule has 1 heterocycles. The maximum Gasteiger partial charge on any atom is 0.273 e. The highest BCUT2D eigenvalue weighted by atomic mass is 16.5. The number of amides is 2. The van der Waals surface area contributed by atoms with E-state index in [1.807, 2.05) is 18.2 Å². The van der Waals surface area contributed by atoms with Crippen LogP contribution in [0.15, 0.2) is 48.5 Å². The van der Waals surface area contributed by atoms with E-state index in [1.54, 1.807) is 51.6 Å². The van der Waals surface area contributed by atoms with Gasteiger partial charge in [-0.15, -0.1) is 0 Å². The van der Waals surface area contributed by atoms with Crippen LogP contribution in [0.3, 0.4) is 0 Å². The Morgan fingerprint density at radius 1 is 1.06 bits per heavy atom. The van der Waals surface area contributed by atoms with E-state index in [9.17, 15) is 9.59 Å². The molecule has 0 unspecified atom stereocenters. The van der Waals surface area contributed by atoms with Crippen LogP contribution < -0.4 is 20.1 Å². The highest BCUT2D eigenvalue weighted by Gasteiger charge is 2.23. The molecule has 1 aromatic heterocycles. The van der Waals surface area contributed by atoms with Crippen molar-refractivity contribution in [3.8, 4) is 22.8 Å². The summed E-state index contributed by atoms with van der Waals surface area (Å²) in [5.41, 5.74) is 3.27. The third kappa shape index (κ3) is 4.91. The Morgan fingerprint density at radius 3 is 2.47 bits per heavy atom. The molecule has 1 fully saturated rings. The maximum atomic E-state index is 12.9. The number of nitrogens with one attached hydrogen (secondary N) is 2. The van der Waals surface area contributed by atoms with Gasteiger partial charge in [0.05, 0.1) is 26.3 Å². The summed E-state index contributed by atoms with van der Waals surface area (Å²) in [7, 11) is 4.89. The number of aryl methyl sites for hydroxylation is 1. The average molecular weight is 434 g/mol. The van der Waals surface area contributed by atoms with Gasteiger partial charge in [-0.3, -0.25) is 14.3 Å². The largest absolute Gasteiger partial charge is 0.497 e. The predicted molar refractivity (Wildman–Crippen MR) is 121 cm³/mol. The van der Waals surface area contributed by atoms with Crippen molar-refractivity contribution in [3.05, 3.63) is 59.8 Å². The lowest BCUT2D eigenvalue weighted by atomic mass is 10.1. The molecule has 4 rings (SSSR count). The van der Waals surface area contributed by atoms with E-state index in [2.05, 4.69) is 15.7 Å². The van der Waals surface area contributed by atoms with Crippen LogP contribution in [0.1, 0.15) is 28.9 Å². The zero-order valence-electron chi connectivity index (χ0n) is 18.3. The van der Waals surface area contributed by atoms with Gasteiger partial charge in [0, 0.05) is 24.3 Å². The summed E-state index contributed by atoms with van der Waals surface area (Å²) in [6, 6.07) is 14.8. The van der Waals surface area contributed by atoms with Gasteiger partial charge in [-0.05, 0) is 54.8 Å². The van der Waals surface area contributed by atoms with Crippen LogP contribution in [0.5, 0.6) is 11.5 Å². The topological polar surface area (TPSA) is 94.5 Å². The molecular weight excluding hydrogens is 408 g/mol. The molecule has 0 saturated heterocycles. The van der Waals surface area contributed by atoms with Gasteiger partial charge in [0.2, 0.25) is 5.91 Å². The van der Waals surface area contributed by atoms with Gasteiger partial charge >= 0.3 is 0 Å². The molecule has 0 atom stereocenters. The van der Waals surface area contributed by atoms with E-state index in [1.165, 1.54) is 4.68 Å². The van der Waals surface area contributed by atoms with Crippen molar-refractivity contribution in [2.75, 3.05) is 19.5 Å². The molecule has 166 valence electrons. The van der Waals surface area contributed by atoms with Crippen molar-refractivity contribution in [1.29, 1.82) is 0 Å². The molecule has 1 aliphatic rings. The lowest BCUT2D eigenvalue weighted by molar-refractivity contribution is -0.120. The van der Waals surface area contributed by atoms with E-state index in [0.717, 1.165) is 24.0 Å². The zero-order chi connectivity index (χ0) is 22.7. The Balaban J connectivity index is 1.46. The standard InChI is InChI=1S/C24H26N4O4/c1-28-21(14-20(27-28)19-13-18(31-2)10-11-22(19)32-3)24(30)26-17-6-4-15(5-7-17)12-23(29)25-16-8-9-16/h4-7,10-11,13-14,16H,8-9,12H2,1-3H3,(H,25,29)(H,26,30). The van der Waals surface area contributed by atoms with Crippen molar-refractivity contribution in [3.63, 3.8) is 0 Å². The van der Waals surface area contributed by atoms with E-state index in [-0.39, 0.29) is 11.8 Å². The molecule has 8 nitrogen and oxygen atoms in total. The Hall–Kier alpha value is -3.81. The second kappa shape index (κ2) is 9.13. The second-order valence-corrected chi connectivity index (χ2v) is 7.77. The number of carbonyl (C=O) groups is 2. The van der Waals surface area contributed by atoms with Crippen LogP contribution in [0.2, 0.25) is 0 Å². The van der Waals surface area contributed by atoms with E-state index >= 15 is 0 Å². The van der Waals surface area contributed by atoms with Crippen LogP contribution in [0.25, 0.3) is 11.3 Å². The first kappa shape index (κ1) is 21.4. The van der Waals surface area contributed by atoms with Crippen LogP contribution in [-0.4, -0.2) is 41.9 Å². The van der Waals surface area contributed by atoms with E-state index < -0.39 is 0 Å². The molecule has 8 heteroatoms. The van der Waals surface area contributed by atoms with Gasteiger partial charge in [0.1, 0.15) is 17.2 Å². The smallest absolute Gasteiger partial charge is 0.273 e. The minimum atomic E-state index is -0.285. The SMILES string of the molecule is COc1ccc(OC)c(-c2cc(C(=O)Nc3ccc(CC(=O)NC4CC4)cc3)n(C)n2)c1. The number of aromatic nitrogens is 2. The molecule has 1 aliphatic carbocycles. The van der Waals surface area contributed by atoms with Crippen molar-refractivity contribution in [1.82, 2.24) is 15.1 Å². The van der Waals surface area contributed by atoms with Crippen LogP contribution in [0.4, 0.5) is 5.69 Å². The van der Waals surface area contributed by atoms with Crippen LogP contribution in [-0.2, 0) is 18.3 Å². The molecule has 2 N–H and O–H groups in total. The summed E-state index contributed by atoms with van der Waals surface area (Å²) in [5, 5.41) is 10.3. The Kier molecular flexibility index (Phi) is 6.11. The first-order chi connectivity index (χ1) is 15.5. The Bertz CT molecular complexity index is 1130. The summed E-state index contributed by atoms with van der Waals surface area (Å²) in [5.74, 6) is 1.05.